The molecular weight excluding hydrogens is 208 g/mol. The van der Waals surface area contributed by atoms with Crippen molar-refractivity contribution in [2.75, 3.05) is 13.1 Å². The van der Waals surface area contributed by atoms with Crippen LogP contribution in [0.5, 0.6) is 0 Å². The summed E-state index contributed by atoms with van der Waals surface area (Å²) in [5, 5.41) is 14.6. The maximum atomic E-state index is 11.5. The van der Waals surface area contributed by atoms with Crippen LogP contribution in [0.3, 0.4) is 0 Å². The van der Waals surface area contributed by atoms with Crippen LogP contribution in [0.2, 0.25) is 0 Å². The summed E-state index contributed by atoms with van der Waals surface area (Å²) in [7, 11) is 0. The van der Waals surface area contributed by atoms with Gasteiger partial charge in [0.05, 0.1) is 5.41 Å². The summed E-state index contributed by atoms with van der Waals surface area (Å²) >= 11 is 0. The molecule has 0 aromatic rings. The number of rotatable bonds is 7. The molecule has 1 unspecified atom stereocenters. The second kappa shape index (κ2) is 6.48. The third kappa shape index (κ3) is 5.70. The first-order valence-corrected chi connectivity index (χ1v) is 5.53. The van der Waals surface area contributed by atoms with E-state index in [9.17, 15) is 9.59 Å². The van der Waals surface area contributed by atoms with E-state index in [4.69, 9.17) is 5.11 Å². The molecule has 0 saturated carbocycles. The van der Waals surface area contributed by atoms with Crippen molar-refractivity contribution in [2.45, 2.75) is 40.2 Å². The van der Waals surface area contributed by atoms with Gasteiger partial charge in [0.15, 0.2) is 0 Å². The van der Waals surface area contributed by atoms with Gasteiger partial charge in [-0.25, -0.2) is 0 Å². The minimum Gasteiger partial charge on any atom is -0.481 e. The van der Waals surface area contributed by atoms with E-state index in [0.717, 1.165) is 6.54 Å². The van der Waals surface area contributed by atoms with Crippen molar-refractivity contribution in [3.05, 3.63) is 0 Å². The minimum atomic E-state index is -0.920. The molecule has 1 atom stereocenters. The first kappa shape index (κ1) is 14.9. The van der Waals surface area contributed by atoms with Gasteiger partial charge in [0, 0.05) is 19.0 Å². The number of carboxylic acid groups (broad SMARTS) is 1. The molecule has 0 aliphatic carbocycles. The molecule has 94 valence electrons. The maximum absolute atomic E-state index is 11.5. The second-order valence-electron chi connectivity index (χ2n) is 4.63. The van der Waals surface area contributed by atoms with Gasteiger partial charge >= 0.3 is 5.97 Å². The Morgan fingerprint density at radius 3 is 2.38 bits per heavy atom. The zero-order valence-corrected chi connectivity index (χ0v) is 10.5. The number of aliphatic carboxylic acids is 1. The lowest BCUT2D eigenvalue weighted by molar-refractivity contribution is -0.146. The lowest BCUT2D eigenvalue weighted by Crippen LogP contribution is -2.41. The predicted octanol–water partition coefficient (Wildman–Crippen LogP) is 0.601. The van der Waals surface area contributed by atoms with Gasteiger partial charge in [0.25, 0.3) is 0 Å². The first-order chi connectivity index (χ1) is 7.29. The molecule has 0 aliphatic rings. The molecule has 0 radical (unpaired) electrons. The van der Waals surface area contributed by atoms with Crippen molar-refractivity contribution in [1.82, 2.24) is 10.6 Å². The second-order valence-corrected chi connectivity index (χ2v) is 4.63. The van der Waals surface area contributed by atoms with Crippen LogP contribution in [-0.2, 0) is 9.59 Å². The Hall–Kier alpha value is -1.10. The Morgan fingerprint density at radius 2 is 1.94 bits per heavy atom. The number of carboxylic acids is 1. The Balaban J connectivity index is 3.94. The van der Waals surface area contributed by atoms with Crippen molar-refractivity contribution in [3.63, 3.8) is 0 Å². The molecule has 0 fully saturated rings. The summed E-state index contributed by atoms with van der Waals surface area (Å²) in [6.07, 6.45) is 0.365. The third-order valence-electron chi connectivity index (χ3n) is 2.35. The fourth-order valence-electron chi connectivity index (χ4n) is 1.17. The van der Waals surface area contributed by atoms with Crippen LogP contribution in [0.4, 0.5) is 0 Å². The topological polar surface area (TPSA) is 78.4 Å². The Kier molecular flexibility index (Phi) is 6.03. The molecule has 0 aromatic heterocycles. The van der Waals surface area contributed by atoms with E-state index in [-0.39, 0.29) is 18.5 Å². The van der Waals surface area contributed by atoms with Gasteiger partial charge in [-0.05, 0) is 27.3 Å². The number of hydrogen-bond donors (Lipinski definition) is 3. The van der Waals surface area contributed by atoms with Gasteiger partial charge in [-0.1, -0.05) is 6.92 Å². The molecule has 5 nitrogen and oxygen atoms in total. The lowest BCUT2D eigenvalue weighted by atomic mass is 9.94. The molecule has 0 spiro atoms. The first-order valence-electron chi connectivity index (χ1n) is 5.53. The van der Waals surface area contributed by atoms with Crippen molar-refractivity contribution < 1.29 is 14.7 Å². The Labute approximate surface area is 96.6 Å². The number of nitrogens with one attached hydrogen (secondary N) is 2. The van der Waals surface area contributed by atoms with Crippen molar-refractivity contribution in [3.8, 4) is 0 Å². The van der Waals surface area contributed by atoms with Crippen LogP contribution in [0.1, 0.15) is 34.1 Å². The van der Waals surface area contributed by atoms with Crippen molar-refractivity contribution in [2.24, 2.45) is 5.41 Å². The maximum Gasteiger partial charge on any atom is 0.310 e. The highest BCUT2D eigenvalue weighted by atomic mass is 16.4. The Bertz CT molecular complexity index is 252. The summed E-state index contributed by atoms with van der Waals surface area (Å²) in [5.74, 6) is -1.03. The normalized spacial score (nSPS) is 13.2. The van der Waals surface area contributed by atoms with Crippen molar-refractivity contribution in [1.29, 1.82) is 0 Å². The van der Waals surface area contributed by atoms with E-state index in [2.05, 4.69) is 10.6 Å². The van der Waals surface area contributed by atoms with Crippen LogP contribution in [0.25, 0.3) is 0 Å². The van der Waals surface area contributed by atoms with E-state index in [1.54, 1.807) is 13.8 Å². The van der Waals surface area contributed by atoms with E-state index < -0.39 is 11.4 Å². The van der Waals surface area contributed by atoms with Gasteiger partial charge in [0.1, 0.15) is 0 Å². The molecule has 0 rings (SSSR count). The van der Waals surface area contributed by atoms with Crippen LogP contribution in [-0.4, -0.2) is 36.1 Å². The van der Waals surface area contributed by atoms with Crippen LogP contribution in [0.15, 0.2) is 0 Å². The van der Waals surface area contributed by atoms with Crippen LogP contribution >= 0.6 is 0 Å². The van der Waals surface area contributed by atoms with Crippen LogP contribution in [0, 0.1) is 5.41 Å². The monoisotopic (exact) mass is 230 g/mol. The zero-order valence-electron chi connectivity index (χ0n) is 10.5. The molecular formula is C11H22N2O3. The number of hydrogen-bond acceptors (Lipinski definition) is 3. The molecule has 5 heteroatoms. The van der Waals surface area contributed by atoms with E-state index in [1.165, 1.54) is 0 Å². The highest BCUT2D eigenvalue weighted by molar-refractivity contribution is 5.78. The van der Waals surface area contributed by atoms with Crippen LogP contribution < -0.4 is 10.6 Å². The van der Waals surface area contributed by atoms with E-state index in [0.29, 0.717) is 6.42 Å². The number of carbonyl (C=O) groups excluding carboxylic acids is 1. The highest BCUT2D eigenvalue weighted by Crippen LogP contribution is 2.13. The third-order valence-corrected chi connectivity index (χ3v) is 2.35. The zero-order chi connectivity index (χ0) is 12.8. The summed E-state index contributed by atoms with van der Waals surface area (Å²) in [6.45, 7) is 8.04. The molecule has 0 saturated heterocycles. The Morgan fingerprint density at radius 1 is 1.38 bits per heavy atom. The average molecular weight is 230 g/mol. The summed E-state index contributed by atoms with van der Waals surface area (Å²) in [6, 6.07) is 0.109. The lowest BCUT2D eigenvalue weighted by Gasteiger charge is -2.20. The fourth-order valence-corrected chi connectivity index (χ4v) is 1.17. The van der Waals surface area contributed by atoms with Gasteiger partial charge in [-0.3, -0.25) is 9.59 Å². The molecule has 0 aliphatic heterocycles. The van der Waals surface area contributed by atoms with Gasteiger partial charge < -0.3 is 15.7 Å². The summed E-state index contributed by atoms with van der Waals surface area (Å²) in [5.41, 5.74) is -0.920. The molecule has 0 bridgehead atoms. The highest BCUT2D eigenvalue weighted by Gasteiger charge is 2.27. The molecule has 0 heterocycles. The SMILES string of the molecule is CCNC(C)CC(=O)NCC(C)(C)C(=O)O. The summed E-state index contributed by atoms with van der Waals surface area (Å²) < 4.78 is 0. The van der Waals surface area contributed by atoms with Gasteiger partial charge in [0.2, 0.25) is 5.91 Å². The number of amides is 1. The largest absolute Gasteiger partial charge is 0.481 e. The van der Waals surface area contributed by atoms with Crippen molar-refractivity contribution >= 4 is 11.9 Å². The molecule has 1 amide bonds. The minimum absolute atomic E-state index is 0.109. The molecule has 3 N–H and O–H groups in total. The fraction of sp³-hybridized carbons (Fsp3) is 0.818. The predicted molar refractivity (Wildman–Crippen MR) is 62.2 cm³/mol. The molecule has 16 heavy (non-hydrogen) atoms. The van der Waals surface area contributed by atoms with Gasteiger partial charge in [-0.2, -0.15) is 0 Å². The van der Waals surface area contributed by atoms with E-state index >= 15 is 0 Å². The van der Waals surface area contributed by atoms with Gasteiger partial charge in [-0.15, -0.1) is 0 Å². The standard InChI is InChI=1S/C11H22N2O3/c1-5-12-8(2)6-9(14)13-7-11(3,4)10(15)16/h8,12H,5-7H2,1-4H3,(H,13,14)(H,15,16). The molecule has 0 aromatic carbocycles. The number of carbonyl (C=O) groups is 2. The summed E-state index contributed by atoms with van der Waals surface area (Å²) in [4.78, 5) is 22.2. The van der Waals surface area contributed by atoms with E-state index in [1.807, 2.05) is 13.8 Å². The average Bonchev–Trinajstić information content (AvgIpc) is 2.15. The quantitative estimate of drug-likeness (QED) is 0.598. The smallest absolute Gasteiger partial charge is 0.310 e.